The number of nitrogens with one attached hydrogen (secondary N) is 2. The number of rotatable bonds is 4. The summed E-state index contributed by atoms with van der Waals surface area (Å²) < 4.78 is 38.1. The van der Waals surface area contributed by atoms with Gasteiger partial charge in [-0.05, 0) is 30.5 Å². The Kier molecular flexibility index (Phi) is 6.70. The van der Waals surface area contributed by atoms with Gasteiger partial charge in [0.15, 0.2) is 0 Å². The molecular formula is C17H20ClF3N2O2. The zero-order valence-corrected chi connectivity index (χ0v) is 14.3. The normalized spacial score (nSPS) is 15.7. The third-order valence-corrected chi connectivity index (χ3v) is 4.64. The molecular weight excluding hydrogens is 357 g/mol. The molecule has 0 unspecified atom stereocenters. The SMILES string of the molecule is O=C(NCCC1CCCCC1)C(=O)Nc1cc(C(F)(F)F)ccc1Cl. The minimum atomic E-state index is -4.56. The first-order chi connectivity index (χ1) is 11.8. The highest BCUT2D eigenvalue weighted by Crippen LogP contribution is 2.33. The summed E-state index contributed by atoms with van der Waals surface area (Å²) in [6.07, 6.45) is 2.10. The summed E-state index contributed by atoms with van der Waals surface area (Å²) in [7, 11) is 0. The molecule has 1 aromatic rings. The average Bonchev–Trinajstić information content (AvgIpc) is 2.56. The van der Waals surface area contributed by atoms with Gasteiger partial charge in [0, 0.05) is 6.54 Å². The first kappa shape index (κ1) is 19.6. The number of hydrogen-bond donors (Lipinski definition) is 2. The molecule has 1 saturated carbocycles. The van der Waals surface area contributed by atoms with Crippen LogP contribution in [0.2, 0.25) is 5.02 Å². The molecule has 0 radical (unpaired) electrons. The zero-order chi connectivity index (χ0) is 18.4. The van der Waals surface area contributed by atoms with Gasteiger partial charge in [-0.15, -0.1) is 0 Å². The molecule has 0 aromatic heterocycles. The molecule has 0 heterocycles. The molecule has 138 valence electrons. The molecule has 1 aliphatic rings. The maximum Gasteiger partial charge on any atom is 0.416 e. The molecule has 0 bridgehead atoms. The van der Waals surface area contributed by atoms with E-state index < -0.39 is 23.6 Å². The van der Waals surface area contributed by atoms with Crippen molar-refractivity contribution in [2.75, 3.05) is 11.9 Å². The number of amides is 2. The standard InChI is InChI=1S/C17H20ClF3N2O2/c18-13-7-6-12(17(19,20)21)10-14(13)23-16(25)15(24)22-9-8-11-4-2-1-3-5-11/h6-7,10-11H,1-5,8-9H2,(H,22,24)(H,23,25). The van der Waals surface area contributed by atoms with Crippen molar-refractivity contribution >= 4 is 29.1 Å². The molecule has 2 N–H and O–H groups in total. The number of alkyl halides is 3. The fourth-order valence-corrected chi connectivity index (χ4v) is 3.09. The van der Waals surface area contributed by atoms with Gasteiger partial charge in [0.1, 0.15) is 0 Å². The van der Waals surface area contributed by atoms with E-state index in [1.807, 2.05) is 0 Å². The predicted octanol–water partition coefficient (Wildman–Crippen LogP) is 4.38. The number of hydrogen-bond acceptors (Lipinski definition) is 2. The summed E-state index contributed by atoms with van der Waals surface area (Å²) in [5.41, 5.74) is -1.20. The topological polar surface area (TPSA) is 58.2 Å². The Bertz CT molecular complexity index is 629. The Morgan fingerprint density at radius 1 is 1.12 bits per heavy atom. The van der Waals surface area contributed by atoms with Crippen molar-refractivity contribution < 1.29 is 22.8 Å². The van der Waals surface area contributed by atoms with Crippen molar-refractivity contribution in [3.63, 3.8) is 0 Å². The zero-order valence-electron chi connectivity index (χ0n) is 13.6. The van der Waals surface area contributed by atoms with E-state index in [1.54, 1.807) is 0 Å². The second-order valence-corrected chi connectivity index (χ2v) is 6.60. The Morgan fingerprint density at radius 3 is 2.44 bits per heavy atom. The first-order valence-electron chi connectivity index (χ1n) is 8.23. The Morgan fingerprint density at radius 2 is 1.80 bits per heavy atom. The largest absolute Gasteiger partial charge is 0.416 e. The molecule has 0 atom stereocenters. The Balaban J connectivity index is 1.87. The van der Waals surface area contributed by atoms with Gasteiger partial charge in [-0.25, -0.2) is 0 Å². The lowest BCUT2D eigenvalue weighted by Gasteiger charge is -2.21. The third-order valence-electron chi connectivity index (χ3n) is 4.31. The van der Waals surface area contributed by atoms with E-state index in [2.05, 4.69) is 10.6 Å². The minimum Gasteiger partial charge on any atom is -0.348 e. The van der Waals surface area contributed by atoms with Crippen LogP contribution >= 0.6 is 11.6 Å². The lowest BCUT2D eigenvalue weighted by Crippen LogP contribution is -2.36. The van der Waals surface area contributed by atoms with E-state index in [1.165, 1.54) is 19.3 Å². The summed E-state index contributed by atoms with van der Waals surface area (Å²) in [6.45, 7) is 0.368. The monoisotopic (exact) mass is 376 g/mol. The van der Waals surface area contributed by atoms with E-state index in [0.717, 1.165) is 31.4 Å². The molecule has 4 nitrogen and oxygen atoms in total. The Hall–Kier alpha value is -1.76. The summed E-state index contributed by atoms with van der Waals surface area (Å²) in [6, 6.07) is 2.54. The van der Waals surface area contributed by atoms with Crippen molar-refractivity contribution in [1.82, 2.24) is 5.32 Å². The van der Waals surface area contributed by atoms with Gasteiger partial charge in [0.25, 0.3) is 0 Å². The van der Waals surface area contributed by atoms with E-state index in [0.29, 0.717) is 18.5 Å². The average molecular weight is 377 g/mol. The van der Waals surface area contributed by atoms with E-state index in [-0.39, 0.29) is 10.7 Å². The molecule has 0 spiro atoms. The van der Waals surface area contributed by atoms with Crippen LogP contribution in [0.3, 0.4) is 0 Å². The number of benzene rings is 1. The molecule has 0 saturated heterocycles. The highest BCUT2D eigenvalue weighted by Gasteiger charge is 2.31. The van der Waals surface area contributed by atoms with E-state index >= 15 is 0 Å². The highest BCUT2D eigenvalue weighted by atomic mass is 35.5. The molecule has 1 fully saturated rings. The summed E-state index contributed by atoms with van der Waals surface area (Å²) in [5.74, 6) is -1.37. The van der Waals surface area contributed by atoms with E-state index in [4.69, 9.17) is 11.6 Å². The summed E-state index contributed by atoms with van der Waals surface area (Å²) in [4.78, 5) is 23.6. The first-order valence-corrected chi connectivity index (χ1v) is 8.61. The maximum absolute atomic E-state index is 12.7. The van der Waals surface area contributed by atoms with Crippen molar-refractivity contribution in [3.8, 4) is 0 Å². The van der Waals surface area contributed by atoms with Crippen LogP contribution < -0.4 is 10.6 Å². The second kappa shape index (κ2) is 8.56. The van der Waals surface area contributed by atoms with Crippen LogP contribution in [0, 0.1) is 5.92 Å². The lowest BCUT2D eigenvalue weighted by molar-refractivity contribution is -0.137. The van der Waals surface area contributed by atoms with Crippen LogP contribution in [0.4, 0.5) is 18.9 Å². The predicted molar refractivity (Wildman–Crippen MR) is 89.3 cm³/mol. The van der Waals surface area contributed by atoms with Crippen LogP contribution in [0.25, 0.3) is 0 Å². The molecule has 8 heteroatoms. The fraction of sp³-hybridized carbons (Fsp3) is 0.529. The van der Waals surface area contributed by atoms with Crippen LogP contribution in [0.1, 0.15) is 44.1 Å². The van der Waals surface area contributed by atoms with Crippen molar-refractivity contribution in [3.05, 3.63) is 28.8 Å². The van der Waals surface area contributed by atoms with Crippen LogP contribution in [-0.4, -0.2) is 18.4 Å². The summed E-state index contributed by atoms with van der Waals surface area (Å²) >= 11 is 5.79. The molecule has 2 rings (SSSR count). The molecule has 2 amide bonds. The molecule has 1 aromatic carbocycles. The van der Waals surface area contributed by atoms with Crippen LogP contribution in [0.15, 0.2) is 18.2 Å². The quantitative estimate of drug-likeness (QED) is 0.766. The van der Waals surface area contributed by atoms with Gasteiger partial charge in [-0.3, -0.25) is 9.59 Å². The van der Waals surface area contributed by atoms with Crippen LogP contribution in [0.5, 0.6) is 0 Å². The number of anilines is 1. The number of carbonyl (C=O) groups is 2. The van der Waals surface area contributed by atoms with Gasteiger partial charge >= 0.3 is 18.0 Å². The van der Waals surface area contributed by atoms with E-state index in [9.17, 15) is 22.8 Å². The van der Waals surface area contributed by atoms with Crippen molar-refractivity contribution in [2.45, 2.75) is 44.7 Å². The smallest absolute Gasteiger partial charge is 0.348 e. The molecule has 0 aliphatic heterocycles. The molecule has 25 heavy (non-hydrogen) atoms. The van der Waals surface area contributed by atoms with Gasteiger partial charge in [0.05, 0.1) is 16.3 Å². The second-order valence-electron chi connectivity index (χ2n) is 6.20. The van der Waals surface area contributed by atoms with Gasteiger partial charge < -0.3 is 10.6 Å². The maximum atomic E-state index is 12.7. The van der Waals surface area contributed by atoms with Gasteiger partial charge in [0.2, 0.25) is 0 Å². The van der Waals surface area contributed by atoms with Crippen molar-refractivity contribution in [1.29, 1.82) is 0 Å². The summed E-state index contributed by atoms with van der Waals surface area (Å²) in [5, 5.41) is 4.55. The number of halogens is 4. The van der Waals surface area contributed by atoms with Crippen molar-refractivity contribution in [2.24, 2.45) is 5.92 Å². The number of carbonyl (C=O) groups excluding carboxylic acids is 2. The minimum absolute atomic E-state index is 0.0728. The van der Waals surface area contributed by atoms with Crippen LogP contribution in [-0.2, 0) is 15.8 Å². The Labute approximate surface area is 149 Å². The van der Waals surface area contributed by atoms with Gasteiger partial charge in [-0.1, -0.05) is 43.7 Å². The lowest BCUT2D eigenvalue weighted by atomic mass is 9.87. The fourth-order valence-electron chi connectivity index (χ4n) is 2.92. The molecule has 1 aliphatic carbocycles. The van der Waals surface area contributed by atoms with Gasteiger partial charge in [-0.2, -0.15) is 13.2 Å². The highest BCUT2D eigenvalue weighted by molar-refractivity contribution is 6.41. The third kappa shape index (κ3) is 5.92.